The number of carboxylic acid groups (broad SMARTS) is 1. The van der Waals surface area contributed by atoms with E-state index in [2.05, 4.69) is 10.5 Å². The van der Waals surface area contributed by atoms with Gasteiger partial charge in [0.15, 0.2) is 0 Å². The molecule has 2 aromatic rings. The Morgan fingerprint density at radius 1 is 1.02 bits per heavy atom. The third-order valence-electron chi connectivity index (χ3n) is 6.90. The molecule has 0 atom stereocenters. The van der Waals surface area contributed by atoms with Gasteiger partial charge in [0, 0.05) is 25.2 Å². The summed E-state index contributed by atoms with van der Waals surface area (Å²) in [7, 11) is 0. The summed E-state index contributed by atoms with van der Waals surface area (Å²) in [5, 5.41) is 13.2. The molecule has 2 aromatic carbocycles. The van der Waals surface area contributed by atoms with E-state index in [-0.39, 0.29) is 38.4 Å². The van der Waals surface area contributed by atoms with Crippen molar-refractivity contribution in [3.8, 4) is 0 Å². The number of piperidine rings is 1. The van der Waals surface area contributed by atoms with Crippen LogP contribution in [-0.2, 0) is 20.9 Å². The number of amides is 5. The van der Waals surface area contributed by atoms with Crippen molar-refractivity contribution in [2.24, 2.45) is 5.10 Å². The highest BCUT2D eigenvalue weighted by Gasteiger charge is 2.58. The fraction of sp³-hybridized carbons (Fsp3) is 0.379. The number of urea groups is 1. The van der Waals surface area contributed by atoms with Crippen LogP contribution >= 0.6 is 0 Å². The fourth-order valence-corrected chi connectivity index (χ4v) is 4.96. The van der Waals surface area contributed by atoms with Crippen LogP contribution in [0.5, 0.6) is 0 Å². The molecule has 216 valence electrons. The second-order valence-electron chi connectivity index (χ2n) is 11.0. The molecule has 1 spiro atoms. The molecule has 0 aromatic heterocycles. The molecule has 2 N–H and O–H groups in total. The van der Waals surface area contributed by atoms with E-state index in [1.165, 1.54) is 11.1 Å². The van der Waals surface area contributed by atoms with Crippen LogP contribution in [-0.4, -0.2) is 86.7 Å². The van der Waals surface area contributed by atoms with Gasteiger partial charge in [-0.1, -0.05) is 42.5 Å². The van der Waals surface area contributed by atoms with Gasteiger partial charge in [0.2, 0.25) is 0 Å². The van der Waals surface area contributed by atoms with Crippen molar-refractivity contribution in [3.63, 3.8) is 0 Å². The summed E-state index contributed by atoms with van der Waals surface area (Å²) in [6, 6.07) is 15.2. The lowest BCUT2D eigenvalue weighted by Crippen LogP contribution is -2.57. The Labute approximate surface area is 237 Å². The smallest absolute Gasteiger partial charge is 0.428 e. The van der Waals surface area contributed by atoms with Crippen molar-refractivity contribution < 1.29 is 33.8 Å². The summed E-state index contributed by atoms with van der Waals surface area (Å²) in [6.45, 7) is 5.11. The Bertz CT molecular complexity index is 1340. The molecule has 4 rings (SSSR count). The van der Waals surface area contributed by atoms with Gasteiger partial charge in [-0.15, -0.1) is 0 Å². The van der Waals surface area contributed by atoms with Crippen molar-refractivity contribution in [1.29, 1.82) is 0 Å². The Morgan fingerprint density at radius 3 is 2.24 bits per heavy atom. The van der Waals surface area contributed by atoms with E-state index in [9.17, 15) is 29.1 Å². The summed E-state index contributed by atoms with van der Waals surface area (Å²) in [5.74, 6) is -2.05. The number of carbonyl (C=O) groups excluding carboxylic acids is 4. The first-order chi connectivity index (χ1) is 19.4. The predicted molar refractivity (Wildman–Crippen MR) is 148 cm³/mol. The van der Waals surface area contributed by atoms with Gasteiger partial charge in [-0.3, -0.25) is 19.3 Å². The number of benzene rings is 2. The molecule has 12 heteroatoms. The van der Waals surface area contributed by atoms with E-state index in [0.29, 0.717) is 11.1 Å². The zero-order chi connectivity index (χ0) is 29.8. The molecule has 2 aliphatic heterocycles. The molecule has 0 saturated carbocycles. The van der Waals surface area contributed by atoms with E-state index < -0.39 is 41.7 Å². The zero-order valence-corrected chi connectivity index (χ0v) is 23.2. The number of carboxylic acids is 1. The highest BCUT2D eigenvalue weighted by atomic mass is 16.6. The summed E-state index contributed by atoms with van der Waals surface area (Å²) in [6.07, 6.45) is 1.12. The fourth-order valence-electron chi connectivity index (χ4n) is 4.96. The highest BCUT2D eigenvalue weighted by molar-refractivity contribution is 6.09. The summed E-state index contributed by atoms with van der Waals surface area (Å²) < 4.78 is 5.11. The number of ether oxygens (including phenoxy) is 1. The molecule has 0 unspecified atom stereocenters. The second kappa shape index (κ2) is 11.8. The van der Waals surface area contributed by atoms with Crippen LogP contribution in [0.15, 0.2) is 59.7 Å². The lowest BCUT2D eigenvalue weighted by Gasteiger charge is -2.42. The number of likely N-dealkylation sites (tertiary alicyclic amines) is 1. The maximum absolute atomic E-state index is 13.5. The minimum atomic E-state index is -1.27. The van der Waals surface area contributed by atoms with E-state index in [1.807, 2.05) is 30.3 Å². The van der Waals surface area contributed by atoms with Gasteiger partial charge in [0.1, 0.15) is 17.7 Å². The Morgan fingerprint density at radius 2 is 1.66 bits per heavy atom. The normalized spacial score (nSPS) is 16.9. The van der Waals surface area contributed by atoms with Crippen molar-refractivity contribution >= 4 is 36.1 Å². The summed E-state index contributed by atoms with van der Waals surface area (Å²) >= 11 is 0. The van der Waals surface area contributed by atoms with E-state index >= 15 is 0 Å². The second-order valence-corrected chi connectivity index (χ2v) is 11.0. The van der Waals surface area contributed by atoms with Gasteiger partial charge in [-0.05, 0) is 56.9 Å². The van der Waals surface area contributed by atoms with E-state index in [4.69, 9.17) is 4.74 Å². The van der Waals surface area contributed by atoms with Crippen molar-refractivity contribution in [2.45, 2.75) is 51.3 Å². The summed E-state index contributed by atoms with van der Waals surface area (Å²) in [5.41, 5.74) is 2.31. The number of nitrogens with zero attached hydrogens (tertiary/aromatic N) is 4. The largest absolute Gasteiger partial charge is 0.480 e. The standard InChI is InChI=1S/C29H33N5O7/c1-28(2,3)41-26(39)31-30-17-20-9-11-22(12-10-20)24(37)32-15-13-29(14-16-32)25(38)33(19-23(35)36)27(40)34(29)18-21-7-5-4-6-8-21/h4-12,17H,13-16,18-19H2,1-3H3,(H,31,39)(H,35,36). The lowest BCUT2D eigenvalue weighted by molar-refractivity contribution is -0.144. The van der Waals surface area contributed by atoms with Gasteiger partial charge in [0.25, 0.3) is 11.8 Å². The third-order valence-corrected chi connectivity index (χ3v) is 6.90. The van der Waals surface area contributed by atoms with Crippen LogP contribution in [0, 0.1) is 0 Å². The van der Waals surface area contributed by atoms with Gasteiger partial charge in [-0.2, -0.15) is 5.10 Å². The average Bonchev–Trinajstić information content (AvgIpc) is 3.09. The monoisotopic (exact) mass is 563 g/mol. The number of hydrazone groups is 1. The lowest BCUT2D eigenvalue weighted by atomic mass is 9.85. The molecule has 2 aliphatic rings. The van der Waals surface area contributed by atoms with Crippen molar-refractivity contribution in [2.75, 3.05) is 19.6 Å². The number of carbonyl (C=O) groups is 5. The van der Waals surface area contributed by atoms with Crippen LogP contribution in [0.1, 0.15) is 55.1 Å². The topological polar surface area (TPSA) is 149 Å². The quantitative estimate of drug-likeness (QED) is 0.299. The van der Waals surface area contributed by atoms with Crippen molar-refractivity contribution in [3.05, 3.63) is 71.3 Å². The molecule has 0 radical (unpaired) electrons. The number of hydrogen-bond acceptors (Lipinski definition) is 7. The molecular weight excluding hydrogens is 530 g/mol. The van der Waals surface area contributed by atoms with Crippen LogP contribution < -0.4 is 5.43 Å². The molecule has 2 fully saturated rings. The Hall–Kier alpha value is -4.74. The Balaban J connectivity index is 1.42. The van der Waals surface area contributed by atoms with E-state index in [0.717, 1.165) is 10.5 Å². The molecule has 41 heavy (non-hydrogen) atoms. The van der Waals surface area contributed by atoms with E-state index in [1.54, 1.807) is 49.9 Å². The molecular formula is C29H33N5O7. The Kier molecular flexibility index (Phi) is 8.41. The molecule has 2 saturated heterocycles. The molecule has 0 aliphatic carbocycles. The first kappa shape index (κ1) is 29.2. The van der Waals surface area contributed by atoms with Crippen LogP contribution in [0.25, 0.3) is 0 Å². The van der Waals surface area contributed by atoms with Gasteiger partial charge >= 0.3 is 18.1 Å². The zero-order valence-electron chi connectivity index (χ0n) is 23.2. The first-order valence-electron chi connectivity index (χ1n) is 13.2. The van der Waals surface area contributed by atoms with Gasteiger partial charge < -0.3 is 19.6 Å². The first-order valence-corrected chi connectivity index (χ1v) is 13.2. The predicted octanol–water partition coefficient (Wildman–Crippen LogP) is 3.07. The van der Waals surface area contributed by atoms with Crippen molar-refractivity contribution in [1.82, 2.24) is 20.1 Å². The number of aliphatic carboxylic acids is 1. The van der Waals surface area contributed by atoms with Crippen LogP contribution in [0.2, 0.25) is 0 Å². The average molecular weight is 564 g/mol. The minimum Gasteiger partial charge on any atom is -0.480 e. The number of hydrogen-bond donors (Lipinski definition) is 2. The number of nitrogens with one attached hydrogen (secondary N) is 1. The maximum Gasteiger partial charge on any atom is 0.428 e. The SMILES string of the molecule is CC(C)(C)OC(=O)NN=Cc1ccc(C(=O)N2CCC3(CC2)C(=O)N(CC(=O)O)C(=O)N3Cc2ccccc2)cc1. The molecule has 2 heterocycles. The maximum atomic E-state index is 13.5. The highest BCUT2D eigenvalue weighted by Crippen LogP contribution is 2.38. The molecule has 5 amide bonds. The number of rotatable bonds is 7. The van der Waals surface area contributed by atoms with Gasteiger partial charge in [-0.25, -0.2) is 15.0 Å². The summed E-state index contributed by atoms with van der Waals surface area (Å²) in [4.78, 5) is 66.9. The van der Waals surface area contributed by atoms with Crippen LogP contribution in [0.4, 0.5) is 9.59 Å². The molecule has 0 bridgehead atoms. The van der Waals surface area contributed by atoms with Gasteiger partial charge in [0.05, 0.1) is 6.21 Å². The van der Waals surface area contributed by atoms with Crippen LogP contribution in [0.3, 0.4) is 0 Å². The molecule has 12 nitrogen and oxygen atoms in total. The number of imide groups is 1. The minimum absolute atomic E-state index is 0.154. The third kappa shape index (κ3) is 6.71.